The molecular weight excluding hydrogens is 314 g/mol. The lowest BCUT2D eigenvalue weighted by molar-refractivity contribution is 0.110. The Labute approximate surface area is 132 Å². The van der Waals surface area contributed by atoms with E-state index in [0.29, 0.717) is 23.4 Å². The maximum Gasteiger partial charge on any atom is 0.142 e. The highest BCUT2D eigenvalue weighted by Gasteiger charge is 2.20. The lowest BCUT2D eigenvalue weighted by Crippen LogP contribution is -2.12. The van der Waals surface area contributed by atoms with Crippen molar-refractivity contribution in [3.8, 4) is 11.1 Å². The van der Waals surface area contributed by atoms with Crippen molar-refractivity contribution in [2.24, 2.45) is 0 Å². The van der Waals surface area contributed by atoms with Crippen LogP contribution in [0.4, 0.5) is 4.39 Å². The minimum atomic E-state index is -0.358. The number of ether oxygens (including phenoxy) is 1. The van der Waals surface area contributed by atoms with Crippen molar-refractivity contribution in [1.29, 1.82) is 0 Å². The number of hydrogen-bond acceptors (Lipinski definition) is 3. The second-order valence-electron chi connectivity index (χ2n) is 4.95. The van der Waals surface area contributed by atoms with E-state index in [-0.39, 0.29) is 22.2 Å². The number of hydrogen-bond donors (Lipinski definition) is 0. The predicted octanol–water partition coefficient (Wildman–Crippen LogP) is 4.31. The molecule has 110 valence electrons. The Morgan fingerprint density at radius 1 is 1.24 bits per heavy atom. The summed E-state index contributed by atoms with van der Waals surface area (Å²) in [6.45, 7) is 0.771. The molecule has 1 unspecified atom stereocenters. The Morgan fingerprint density at radius 2 is 2.00 bits per heavy atom. The first-order chi connectivity index (χ1) is 10.1. The predicted molar refractivity (Wildman–Crippen MR) is 80.1 cm³/mol. The average Bonchev–Trinajstić information content (AvgIpc) is 2.91. The van der Waals surface area contributed by atoms with Crippen molar-refractivity contribution in [3.05, 3.63) is 46.2 Å². The summed E-state index contributed by atoms with van der Waals surface area (Å²) in [7, 11) is 0. The molecule has 1 fully saturated rings. The molecule has 0 bridgehead atoms. The quantitative estimate of drug-likeness (QED) is 0.788. The summed E-state index contributed by atoms with van der Waals surface area (Å²) >= 11 is 12.4. The molecule has 6 heteroatoms. The molecule has 1 atom stereocenters. The van der Waals surface area contributed by atoms with E-state index in [1.165, 1.54) is 12.1 Å². The third-order valence-electron chi connectivity index (χ3n) is 3.41. The number of rotatable bonds is 3. The van der Waals surface area contributed by atoms with Gasteiger partial charge in [-0.05, 0) is 30.5 Å². The SMILES string of the molecule is Fc1cccc(-c2c(Cl)nc(CC3CCCO3)nc2Cl)c1. The molecule has 2 aromatic rings. The number of aromatic nitrogens is 2. The van der Waals surface area contributed by atoms with Gasteiger partial charge in [0.15, 0.2) is 0 Å². The normalized spacial score (nSPS) is 18.1. The van der Waals surface area contributed by atoms with Crippen LogP contribution in [-0.2, 0) is 11.2 Å². The van der Waals surface area contributed by atoms with Crippen LogP contribution in [0.1, 0.15) is 18.7 Å². The van der Waals surface area contributed by atoms with E-state index in [1.807, 2.05) is 0 Å². The molecule has 1 aromatic carbocycles. The molecule has 0 spiro atoms. The van der Waals surface area contributed by atoms with Gasteiger partial charge in [0.2, 0.25) is 0 Å². The molecule has 21 heavy (non-hydrogen) atoms. The molecule has 1 aliphatic heterocycles. The van der Waals surface area contributed by atoms with Crippen LogP contribution in [0, 0.1) is 5.82 Å². The Kier molecular flexibility index (Phi) is 4.38. The smallest absolute Gasteiger partial charge is 0.142 e. The van der Waals surface area contributed by atoms with Crippen LogP contribution in [0.5, 0.6) is 0 Å². The molecule has 1 saturated heterocycles. The fourth-order valence-electron chi connectivity index (χ4n) is 2.43. The zero-order valence-corrected chi connectivity index (χ0v) is 12.7. The van der Waals surface area contributed by atoms with Gasteiger partial charge in [-0.3, -0.25) is 0 Å². The molecule has 0 saturated carbocycles. The highest BCUT2D eigenvalue weighted by Crippen LogP contribution is 2.33. The van der Waals surface area contributed by atoms with Crippen molar-refractivity contribution in [2.75, 3.05) is 6.61 Å². The molecule has 0 N–H and O–H groups in total. The monoisotopic (exact) mass is 326 g/mol. The second kappa shape index (κ2) is 6.26. The lowest BCUT2D eigenvalue weighted by Gasteiger charge is -2.11. The van der Waals surface area contributed by atoms with Crippen LogP contribution < -0.4 is 0 Å². The first-order valence-corrected chi connectivity index (χ1v) is 7.48. The second-order valence-corrected chi connectivity index (χ2v) is 5.66. The van der Waals surface area contributed by atoms with E-state index in [0.717, 1.165) is 19.4 Å². The van der Waals surface area contributed by atoms with Crippen LogP contribution in [0.15, 0.2) is 24.3 Å². The Hall–Kier alpha value is -1.23. The van der Waals surface area contributed by atoms with Crippen molar-refractivity contribution in [2.45, 2.75) is 25.4 Å². The van der Waals surface area contributed by atoms with Gasteiger partial charge in [-0.15, -0.1) is 0 Å². The van der Waals surface area contributed by atoms with Crippen LogP contribution in [-0.4, -0.2) is 22.7 Å². The van der Waals surface area contributed by atoms with Gasteiger partial charge in [0.1, 0.15) is 21.9 Å². The molecular formula is C15H13Cl2FN2O. The fraction of sp³-hybridized carbons (Fsp3) is 0.333. The van der Waals surface area contributed by atoms with Crippen LogP contribution in [0.25, 0.3) is 11.1 Å². The summed E-state index contributed by atoms with van der Waals surface area (Å²) in [5.41, 5.74) is 1.02. The van der Waals surface area contributed by atoms with Crippen molar-refractivity contribution >= 4 is 23.2 Å². The van der Waals surface area contributed by atoms with Gasteiger partial charge in [0.05, 0.1) is 11.7 Å². The Bertz CT molecular complexity index is 637. The average molecular weight is 327 g/mol. The molecule has 3 nitrogen and oxygen atoms in total. The minimum absolute atomic E-state index is 0.122. The molecule has 3 rings (SSSR count). The summed E-state index contributed by atoms with van der Waals surface area (Å²) in [6.07, 6.45) is 2.75. The third kappa shape index (κ3) is 3.34. The van der Waals surface area contributed by atoms with Crippen molar-refractivity contribution in [1.82, 2.24) is 9.97 Å². The maximum atomic E-state index is 13.3. The van der Waals surface area contributed by atoms with E-state index in [2.05, 4.69) is 9.97 Å². The van der Waals surface area contributed by atoms with Crippen LogP contribution in [0.3, 0.4) is 0 Å². The molecule has 2 heterocycles. The fourth-order valence-corrected chi connectivity index (χ4v) is 3.07. The highest BCUT2D eigenvalue weighted by atomic mass is 35.5. The Morgan fingerprint density at radius 3 is 2.62 bits per heavy atom. The van der Waals surface area contributed by atoms with Gasteiger partial charge in [-0.1, -0.05) is 35.3 Å². The van der Waals surface area contributed by atoms with Crippen LogP contribution >= 0.6 is 23.2 Å². The first-order valence-electron chi connectivity index (χ1n) is 6.73. The number of nitrogens with zero attached hydrogens (tertiary/aromatic N) is 2. The largest absolute Gasteiger partial charge is 0.378 e. The van der Waals surface area contributed by atoms with Crippen molar-refractivity contribution in [3.63, 3.8) is 0 Å². The van der Waals surface area contributed by atoms with Gasteiger partial charge in [0.25, 0.3) is 0 Å². The van der Waals surface area contributed by atoms with Crippen LogP contribution in [0.2, 0.25) is 10.3 Å². The lowest BCUT2D eigenvalue weighted by atomic mass is 10.1. The summed E-state index contributed by atoms with van der Waals surface area (Å²) in [5.74, 6) is 0.195. The number of benzene rings is 1. The van der Waals surface area contributed by atoms with Gasteiger partial charge in [-0.25, -0.2) is 14.4 Å². The zero-order valence-electron chi connectivity index (χ0n) is 11.2. The van der Waals surface area contributed by atoms with E-state index in [4.69, 9.17) is 27.9 Å². The van der Waals surface area contributed by atoms with Gasteiger partial charge < -0.3 is 4.74 Å². The van der Waals surface area contributed by atoms with Gasteiger partial charge in [-0.2, -0.15) is 0 Å². The van der Waals surface area contributed by atoms with E-state index >= 15 is 0 Å². The van der Waals surface area contributed by atoms with Crippen molar-refractivity contribution < 1.29 is 9.13 Å². The van der Waals surface area contributed by atoms with Gasteiger partial charge >= 0.3 is 0 Å². The number of halogens is 3. The summed E-state index contributed by atoms with van der Waals surface area (Å²) in [4.78, 5) is 8.54. The molecule has 0 radical (unpaired) electrons. The summed E-state index contributed by atoms with van der Waals surface area (Å²) < 4.78 is 18.9. The molecule has 1 aromatic heterocycles. The zero-order chi connectivity index (χ0) is 14.8. The van der Waals surface area contributed by atoms with E-state index in [1.54, 1.807) is 12.1 Å². The standard InChI is InChI=1S/C15H13Cl2FN2O/c16-14-13(9-3-1-4-10(18)7-9)15(17)20-12(19-14)8-11-5-2-6-21-11/h1,3-4,7,11H,2,5-6,8H2. The Balaban J connectivity index is 1.92. The van der Waals surface area contributed by atoms with Gasteiger partial charge in [0, 0.05) is 13.0 Å². The summed E-state index contributed by atoms with van der Waals surface area (Å²) in [5, 5.41) is 0.460. The summed E-state index contributed by atoms with van der Waals surface area (Å²) in [6, 6.07) is 6.03. The topological polar surface area (TPSA) is 35.0 Å². The first kappa shape index (κ1) is 14.7. The molecule has 0 aliphatic carbocycles. The van der Waals surface area contributed by atoms with E-state index in [9.17, 15) is 4.39 Å². The minimum Gasteiger partial charge on any atom is -0.378 e. The highest BCUT2D eigenvalue weighted by molar-refractivity contribution is 6.37. The molecule has 1 aliphatic rings. The maximum absolute atomic E-state index is 13.3. The molecule has 0 amide bonds. The van der Waals surface area contributed by atoms with E-state index < -0.39 is 0 Å². The third-order valence-corrected chi connectivity index (χ3v) is 3.96.